The molecule has 4 aromatic carbocycles. The van der Waals surface area contributed by atoms with Gasteiger partial charge in [0.25, 0.3) is 0 Å². The molecule has 0 N–H and O–H groups in total. The van der Waals surface area contributed by atoms with Crippen LogP contribution in [0.15, 0.2) is 95.4 Å². The molecule has 0 saturated carbocycles. The van der Waals surface area contributed by atoms with Gasteiger partial charge in [0.05, 0.1) is 0 Å². The maximum atomic E-state index is 6.25. The normalized spacial score (nSPS) is 11.3. The molecule has 0 atom stereocenters. The van der Waals surface area contributed by atoms with E-state index in [-0.39, 0.29) is 0 Å². The zero-order chi connectivity index (χ0) is 17.5. The quantitative estimate of drug-likeness (QED) is 0.318. The van der Waals surface area contributed by atoms with E-state index in [9.17, 15) is 0 Å². The van der Waals surface area contributed by atoms with Crippen molar-refractivity contribution in [2.75, 3.05) is 0 Å². The lowest BCUT2D eigenvalue weighted by molar-refractivity contribution is 0.670. The fraction of sp³-hybridized carbons (Fsp3) is 0. The van der Waals surface area contributed by atoms with Crippen LogP contribution in [0.2, 0.25) is 5.02 Å². The second-order valence-electron chi connectivity index (χ2n) is 6.38. The molecule has 5 aromatic rings. The Morgan fingerprint density at radius 2 is 1.27 bits per heavy atom. The van der Waals surface area contributed by atoms with Gasteiger partial charge in [-0.05, 0) is 47.0 Å². The molecule has 0 aliphatic rings. The van der Waals surface area contributed by atoms with E-state index in [0.29, 0.717) is 5.02 Å². The predicted molar refractivity (Wildman–Crippen MR) is 110 cm³/mol. The molecule has 26 heavy (non-hydrogen) atoms. The van der Waals surface area contributed by atoms with Gasteiger partial charge in [-0.25, -0.2) is 0 Å². The molecule has 124 valence electrons. The Morgan fingerprint density at radius 1 is 0.577 bits per heavy atom. The average molecular weight is 355 g/mol. The summed E-state index contributed by atoms with van der Waals surface area (Å²) in [4.78, 5) is 0. The number of benzene rings is 4. The summed E-state index contributed by atoms with van der Waals surface area (Å²) < 4.78 is 6.23. The van der Waals surface area contributed by atoms with Crippen LogP contribution in [0.25, 0.3) is 44.2 Å². The first-order chi connectivity index (χ1) is 12.8. The van der Waals surface area contributed by atoms with E-state index in [2.05, 4.69) is 60.7 Å². The van der Waals surface area contributed by atoms with Gasteiger partial charge in [0, 0.05) is 21.4 Å². The Bertz CT molecular complexity index is 1220. The van der Waals surface area contributed by atoms with Crippen LogP contribution < -0.4 is 0 Å². The monoisotopic (exact) mass is 354 g/mol. The van der Waals surface area contributed by atoms with Crippen LogP contribution in [-0.4, -0.2) is 0 Å². The minimum absolute atomic E-state index is 0.714. The summed E-state index contributed by atoms with van der Waals surface area (Å²) in [5, 5.41) is 2.84. The van der Waals surface area contributed by atoms with E-state index in [0.717, 1.165) is 33.1 Å². The van der Waals surface area contributed by atoms with Crippen LogP contribution >= 0.6 is 11.6 Å². The van der Waals surface area contributed by atoms with Crippen molar-refractivity contribution < 1.29 is 4.42 Å². The summed E-state index contributed by atoms with van der Waals surface area (Å²) in [5.41, 5.74) is 6.33. The Balaban J connectivity index is 1.90. The van der Waals surface area contributed by atoms with Crippen molar-refractivity contribution in [2.45, 2.75) is 0 Å². The summed E-state index contributed by atoms with van der Waals surface area (Å²) in [7, 11) is 0. The third-order valence-corrected chi connectivity index (χ3v) is 4.96. The van der Waals surface area contributed by atoms with E-state index in [1.807, 2.05) is 30.3 Å². The number of furan rings is 1. The van der Waals surface area contributed by atoms with Crippen LogP contribution in [0.5, 0.6) is 0 Å². The molecular weight excluding hydrogens is 340 g/mol. The smallest absolute Gasteiger partial charge is 0.143 e. The van der Waals surface area contributed by atoms with Gasteiger partial charge in [0.15, 0.2) is 0 Å². The van der Waals surface area contributed by atoms with E-state index >= 15 is 0 Å². The number of hydrogen-bond acceptors (Lipinski definition) is 1. The Kier molecular flexibility index (Phi) is 3.55. The third-order valence-electron chi connectivity index (χ3n) is 4.72. The molecule has 5 rings (SSSR count). The molecule has 0 saturated heterocycles. The molecule has 0 bridgehead atoms. The van der Waals surface area contributed by atoms with Crippen molar-refractivity contribution >= 4 is 33.5 Å². The predicted octanol–water partition coefficient (Wildman–Crippen LogP) is 7.57. The van der Waals surface area contributed by atoms with Crippen molar-refractivity contribution in [1.29, 1.82) is 0 Å². The maximum absolute atomic E-state index is 6.25. The lowest BCUT2D eigenvalue weighted by Gasteiger charge is -2.08. The van der Waals surface area contributed by atoms with Crippen molar-refractivity contribution in [3.63, 3.8) is 0 Å². The molecule has 2 heteroatoms. The maximum Gasteiger partial charge on any atom is 0.143 e. The molecule has 0 unspecified atom stereocenters. The minimum Gasteiger partial charge on any atom is -0.455 e. The number of rotatable bonds is 2. The van der Waals surface area contributed by atoms with Gasteiger partial charge >= 0.3 is 0 Å². The molecular formula is C24H15ClO. The second kappa shape index (κ2) is 6.05. The SMILES string of the molecule is Clc1ccc2oc3c(-c4ccccc4)cc(-c4ccccc4)cc3c2c1. The molecule has 0 aliphatic carbocycles. The average Bonchev–Trinajstić information content (AvgIpc) is 3.06. The Morgan fingerprint density at radius 3 is 2.00 bits per heavy atom. The topological polar surface area (TPSA) is 13.1 Å². The first-order valence-electron chi connectivity index (χ1n) is 8.56. The molecule has 0 amide bonds. The van der Waals surface area contributed by atoms with Crippen LogP contribution in [0, 0.1) is 0 Å². The van der Waals surface area contributed by atoms with Gasteiger partial charge < -0.3 is 4.42 Å². The molecule has 0 spiro atoms. The highest BCUT2D eigenvalue weighted by Crippen LogP contribution is 2.40. The van der Waals surface area contributed by atoms with E-state index < -0.39 is 0 Å². The lowest BCUT2D eigenvalue weighted by Crippen LogP contribution is -1.83. The highest BCUT2D eigenvalue weighted by molar-refractivity contribution is 6.31. The lowest BCUT2D eigenvalue weighted by atomic mass is 9.96. The van der Waals surface area contributed by atoms with E-state index in [1.165, 1.54) is 11.1 Å². The third kappa shape index (κ3) is 2.49. The van der Waals surface area contributed by atoms with Crippen molar-refractivity contribution in [3.05, 3.63) is 96.0 Å². The number of fused-ring (bicyclic) bond motifs is 3. The zero-order valence-electron chi connectivity index (χ0n) is 13.9. The van der Waals surface area contributed by atoms with Crippen LogP contribution in [0.1, 0.15) is 0 Å². The van der Waals surface area contributed by atoms with Crippen LogP contribution in [0.3, 0.4) is 0 Å². The zero-order valence-corrected chi connectivity index (χ0v) is 14.7. The highest BCUT2D eigenvalue weighted by Gasteiger charge is 2.15. The minimum atomic E-state index is 0.714. The standard InChI is InChI=1S/C24H15ClO/c25-19-11-12-23-21(15-19)22-14-18(16-7-3-1-4-8-16)13-20(24(22)26-23)17-9-5-2-6-10-17/h1-15H. The fourth-order valence-electron chi connectivity index (χ4n) is 3.48. The summed E-state index contributed by atoms with van der Waals surface area (Å²) in [6.07, 6.45) is 0. The summed E-state index contributed by atoms with van der Waals surface area (Å²) in [6, 6.07) is 31.0. The number of hydrogen-bond donors (Lipinski definition) is 0. The Hall–Kier alpha value is -3.03. The largest absolute Gasteiger partial charge is 0.455 e. The molecule has 1 nitrogen and oxygen atoms in total. The van der Waals surface area contributed by atoms with Crippen molar-refractivity contribution in [2.24, 2.45) is 0 Å². The van der Waals surface area contributed by atoms with Gasteiger partial charge in [0.2, 0.25) is 0 Å². The molecule has 1 aromatic heterocycles. The second-order valence-corrected chi connectivity index (χ2v) is 6.81. The van der Waals surface area contributed by atoms with Crippen LogP contribution in [-0.2, 0) is 0 Å². The van der Waals surface area contributed by atoms with Gasteiger partial charge in [-0.2, -0.15) is 0 Å². The van der Waals surface area contributed by atoms with Crippen molar-refractivity contribution in [3.8, 4) is 22.3 Å². The molecule has 0 aliphatic heterocycles. The first kappa shape index (κ1) is 15.2. The van der Waals surface area contributed by atoms with Crippen LogP contribution in [0.4, 0.5) is 0 Å². The summed E-state index contributed by atoms with van der Waals surface area (Å²) >= 11 is 6.25. The fourth-order valence-corrected chi connectivity index (χ4v) is 3.65. The highest BCUT2D eigenvalue weighted by atomic mass is 35.5. The van der Waals surface area contributed by atoms with Gasteiger partial charge in [-0.3, -0.25) is 0 Å². The van der Waals surface area contributed by atoms with Gasteiger partial charge in [-0.1, -0.05) is 72.3 Å². The molecule has 1 heterocycles. The van der Waals surface area contributed by atoms with Gasteiger partial charge in [-0.15, -0.1) is 0 Å². The van der Waals surface area contributed by atoms with Crippen molar-refractivity contribution in [1.82, 2.24) is 0 Å². The summed E-state index contributed by atoms with van der Waals surface area (Å²) in [5.74, 6) is 0. The summed E-state index contributed by atoms with van der Waals surface area (Å²) in [6.45, 7) is 0. The van der Waals surface area contributed by atoms with E-state index in [1.54, 1.807) is 0 Å². The first-order valence-corrected chi connectivity index (χ1v) is 8.94. The van der Waals surface area contributed by atoms with E-state index in [4.69, 9.17) is 16.0 Å². The van der Waals surface area contributed by atoms with Gasteiger partial charge in [0.1, 0.15) is 11.2 Å². The Labute approximate surface area is 156 Å². The molecule has 0 radical (unpaired) electrons. The number of halogens is 1. The molecule has 0 fully saturated rings.